The van der Waals surface area contributed by atoms with Crippen LogP contribution in [0, 0.1) is 27.7 Å². The molecule has 0 spiro atoms. The zero-order chi connectivity index (χ0) is 19.4. The van der Waals surface area contributed by atoms with Crippen molar-refractivity contribution in [1.82, 2.24) is 24.1 Å². The molecule has 0 amide bonds. The molecule has 0 atom stereocenters. The summed E-state index contributed by atoms with van der Waals surface area (Å²) >= 11 is 0. The van der Waals surface area contributed by atoms with E-state index in [1.54, 1.807) is 10.8 Å². The molecule has 138 valence electrons. The van der Waals surface area contributed by atoms with Crippen molar-refractivity contribution in [1.29, 1.82) is 0 Å². The number of hydrogen-bond acceptors (Lipinski definition) is 3. The molecule has 0 saturated carbocycles. The average Bonchev–Trinajstić information content (AvgIpc) is 3.23. The van der Waals surface area contributed by atoms with Crippen molar-refractivity contribution in [3.05, 3.63) is 77.2 Å². The Balaban J connectivity index is 1.77. The van der Waals surface area contributed by atoms with Gasteiger partial charge in [-0.1, -0.05) is 47.5 Å². The molecule has 0 aliphatic heterocycles. The number of nitrogens with zero attached hydrogens (tertiary/aromatic N) is 5. The van der Waals surface area contributed by atoms with Gasteiger partial charge < -0.3 is 0 Å². The van der Waals surface area contributed by atoms with E-state index in [-0.39, 0.29) is 0 Å². The van der Waals surface area contributed by atoms with Crippen LogP contribution in [0.1, 0.15) is 22.4 Å². The highest BCUT2D eigenvalue weighted by atomic mass is 15.3. The summed E-state index contributed by atoms with van der Waals surface area (Å²) in [6, 6.07) is 16.8. The number of fused-ring (bicyclic) bond motifs is 3. The van der Waals surface area contributed by atoms with Crippen LogP contribution in [0.2, 0.25) is 0 Å². The summed E-state index contributed by atoms with van der Waals surface area (Å²) < 4.78 is 3.98. The first-order valence-electron chi connectivity index (χ1n) is 9.40. The minimum absolute atomic E-state index is 0.717. The first kappa shape index (κ1) is 16.7. The van der Waals surface area contributed by atoms with Crippen LogP contribution in [-0.4, -0.2) is 24.1 Å². The molecule has 0 N–H and O–H groups in total. The molecule has 3 heterocycles. The topological polar surface area (TPSA) is 48.0 Å². The van der Waals surface area contributed by atoms with Crippen LogP contribution in [0.15, 0.2) is 54.9 Å². The van der Waals surface area contributed by atoms with Crippen LogP contribution in [-0.2, 0) is 0 Å². The SMILES string of the molecule is Cc1ccc(-c2nc3c4c(C)c(C)n(-c5ccc(C)cc5)c4ncn3n2)cc1. The van der Waals surface area contributed by atoms with Gasteiger partial charge in [-0.25, -0.2) is 14.5 Å². The van der Waals surface area contributed by atoms with Gasteiger partial charge in [0.05, 0.1) is 5.39 Å². The molecule has 0 unspecified atom stereocenters. The maximum absolute atomic E-state index is 4.86. The Labute approximate surface area is 163 Å². The molecule has 0 aliphatic carbocycles. The third kappa shape index (κ3) is 2.43. The largest absolute Gasteiger partial charge is 0.298 e. The Morgan fingerprint density at radius 2 is 1.39 bits per heavy atom. The lowest BCUT2D eigenvalue weighted by Crippen LogP contribution is -1.99. The van der Waals surface area contributed by atoms with Crippen LogP contribution in [0.25, 0.3) is 33.8 Å². The number of benzene rings is 2. The van der Waals surface area contributed by atoms with Gasteiger partial charge in [0.2, 0.25) is 0 Å². The van der Waals surface area contributed by atoms with Crippen molar-refractivity contribution >= 4 is 16.7 Å². The minimum atomic E-state index is 0.717. The molecule has 5 nitrogen and oxygen atoms in total. The fourth-order valence-corrected chi connectivity index (χ4v) is 3.70. The van der Waals surface area contributed by atoms with Crippen molar-refractivity contribution in [3.63, 3.8) is 0 Å². The van der Waals surface area contributed by atoms with Gasteiger partial charge in [-0.3, -0.25) is 4.57 Å². The van der Waals surface area contributed by atoms with E-state index >= 15 is 0 Å². The smallest absolute Gasteiger partial charge is 0.182 e. The van der Waals surface area contributed by atoms with Gasteiger partial charge in [-0.05, 0) is 45.4 Å². The quantitative estimate of drug-likeness (QED) is 0.443. The van der Waals surface area contributed by atoms with Gasteiger partial charge in [-0.2, -0.15) is 0 Å². The van der Waals surface area contributed by atoms with E-state index in [9.17, 15) is 0 Å². The van der Waals surface area contributed by atoms with Gasteiger partial charge in [0, 0.05) is 16.9 Å². The van der Waals surface area contributed by atoms with Crippen LogP contribution in [0.4, 0.5) is 0 Å². The lowest BCUT2D eigenvalue weighted by molar-refractivity contribution is 0.927. The molecule has 2 aromatic carbocycles. The molecule has 0 saturated heterocycles. The molecule has 28 heavy (non-hydrogen) atoms. The summed E-state index contributed by atoms with van der Waals surface area (Å²) in [4.78, 5) is 9.60. The third-order valence-corrected chi connectivity index (χ3v) is 5.43. The summed E-state index contributed by atoms with van der Waals surface area (Å²) in [6.45, 7) is 8.43. The highest BCUT2D eigenvalue weighted by molar-refractivity contribution is 5.95. The molecule has 0 fully saturated rings. The number of rotatable bonds is 2. The zero-order valence-electron chi connectivity index (χ0n) is 16.4. The molecular weight excluding hydrogens is 346 g/mol. The zero-order valence-corrected chi connectivity index (χ0v) is 16.4. The standard InChI is InChI=1S/C23H21N5/c1-14-5-9-18(10-6-14)21-25-23-20-16(3)17(4)28(19-11-7-15(2)8-12-19)22(20)24-13-27(23)26-21/h5-13H,1-4H3. The predicted octanol–water partition coefficient (Wildman–Crippen LogP) is 4.97. The Bertz CT molecular complexity index is 1320. The van der Waals surface area contributed by atoms with Gasteiger partial charge in [0.1, 0.15) is 6.33 Å². The maximum atomic E-state index is 4.86. The van der Waals surface area contributed by atoms with Gasteiger partial charge >= 0.3 is 0 Å². The van der Waals surface area contributed by atoms with Crippen molar-refractivity contribution in [3.8, 4) is 17.1 Å². The number of aryl methyl sites for hydroxylation is 3. The average molecular weight is 367 g/mol. The van der Waals surface area contributed by atoms with Crippen molar-refractivity contribution in [2.45, 2.75) is 27.7 Å². The van der Waals surface area contributed by atoms with E-state index in [1.165, 1.54) is 22.4 Å². The molecule has 5 aromatic rings. The Hall–Kier alpha value is -3.47. The molecule has 5 heteroatoms. The fourth-order valence-electron chi connectivity index (χ4n) is 3.70. The van der Waals surface area contributed by atoms with E-state index in [1.807, 2.05) is 0 Å². The highest BCUT2D eigenvalue weighted by Gasteiger charge is 2.19. The number of hydrogen-bond donors (Lipinski definition) is 0. The van der Waals surface area contributed by atoms with Gasteiger partial charge in [0.25, 0.3) is 0 Å². The molecule has 3 aromatic heterocycles. The van der Waals surface area contributed by atoms with E-state index < -0.39 is 0 Å². The van der Waals surface area contributed by atoms with Crippen LogP contribution >= 0.6 is 0 Å². The van der Waals surface area contributed by atoms with Crippen LogP contribution < -0.4 is 0 Å². The van der Waals surface area contributed by atoms with Crippen molar-refractivity contribution < 1.29 is 0 Å². The number of aromatic nitrogens is 5. The van der Waals surface area contributed by atoms with E-state index in [4.69, 9.17) is 9.97 Å². The first-order chi connectivity index (χ1) is 13.5. The van der Waals surface area contributed by atoms with E-state index in [0.717, 1.165) is 33.8 Å². The van der Waals surface area contributed by atoms with Crippen LogP contribution in [0.5, 0.6) is 0 Å². The first-order valence-corrected chi connectivity index (χ1v) is 9.40. The molecule has 0 aliphatic rings. The van der Waals surface area contributed by atoms with Gasteiger partial charge in [-0.15, -0.1) is 5.10 Å². The molecular formula is C23H21N5. The molecule has 5 rings (SSSR count). The van der Waals surface area contributed by atoms with E-state index in [2.05, 4.69) is 85.9 Å². The normalized spacial score (nSPS) is 11.6. The summed E-state index contributed by atoms with van der Waals surface area (Å²) in [5.74, 6) is 0.717. The predicted molar refractivity (Wildman–Crippen MR) is 112 cm³/mol. The van der Waals surface area contributed by atoms with Crippen molar-refractivity contribution in [2.24, 2.45) is 0 Å². The Morgan fingerprint density at radius 1 is 0.750 bits per heavy atom. The monoisotopic (exact) mass is 367 g/mol. The Kier molecular flexibility index (Phi) is 3.59. The summed E-state index contributed by atoms with van der Waals surface area (Å²) in [5, 5.41) is 5.71. The third-order valence-electron chi connectivity index (χ3n) is 5.43. The lowest BCUT2D eigenvalue weighted by Gasteiger charge is -2.08. The summed E-state index contributed by atoms with van der Waals surface area (Å²) in [6.07, 6.45) is 1.76. The summed E-state index contributed by atoms with van der Waals surface area (Å²) in [7, 11) is 0. The maximum Gasteiger partial charge on any atom is 0.182 e. The van der Waals surface area contributed by atoms with Crippen molar-refractivity contribution in [2.75, 3.05) is 0 Å². The molecule has 0 bridgehead atoms. The molecule has 0 radical (unpaired) electrons. The minimum Gasteiger partial charge on any atom is -0.298 e. The second-order valence-corrected chi connectivity index (χ2v) is 7.39. The van der Waals surface area contributed by atoms with Crippen LogP contribution in [0.3, 0.4) is 0 Å². The second kappa shape index (κ2) is 6.02. The highest BCUT2D eigenvalue weighted by Crippen LogP contribution is 2.30. The van der Waals surface area contributed by atoms with Gasteiger partial charge in [0.15, 0.2) is 17.1 Å². The lowest BCUT2D eigenvalue weighted by atomic mass is 10.1. The fraction of sp³-hybridized carbons (Fsp3) is 0.174. The summed E-state index contributed by atoms with van der Waals surface area (Å²) in [5.41, 5.74) is 8.67. The second-order valence-electron chi connectivity index (χ2n) is 7.39. The Morgan fingerprint density at radius 3 is 2.07 bits per heavy atom. The van der Waals surface area contributed by atoms with E-state index in [0.29, 0.717) is 0 Å².